The van der Waals surface area contributed by atoms with Gasteiger partial charge < -0.3 is 14.7 Å². The van der Waals surface area contributed by atoms with Crippen LogP contribution in [0.2, 0.25) is 0 Å². The molecule has 1 atom stereocenters. The molecule has 1 aromatic carbocycles. The lowest BCUT2D eigenvalue weighted by molar-refractivity contribution is -0.0908. The first-order valence-electron chi connectivity index (χ1n) is 7.92. The zero-order chi connectivity index (χ0) is 15.7. The predicted molar refractivity (Wildman–Crippen MR) is 87.6 cm³/mol. The molecule has 1 aliphatic heterocycles. The zero-order valence-corrected chi connectivity index (χ0v) is 14.4. The number of aliphatic hydroxyl groups excluding tert-OH is 1. The molecule has 1 N–H and O–H groups in total. The molecule has 2 aliphatic rings. The molecule has 1 heterocycles. The highest BCUT2D eigenvalue weighted by atomic mass is 79.9. The van der Waals surface area contributed by atoms with Crippen LogP contribution in [-0.2, 0) is 4.74 Å². The molecule has 0 bridgehead atoms. The molecule has 22 heavy (non-hydrogen) atoms. The fraction of sp³-hybridized carbons (Fsp3) is 0.588. The Morgan fingerprint density at radius 1 is 1.27 bits per heavy atom. The number of halogens is 1. The van der Waals surface area contributed by atoms with E-state index in [2.05, 4.69) is 15.9 Å². The van der Waals surface area contributed by atoms with Gasteiger partial charge in [-0.25, -0.2) is 4.79 Å². The minimum atomic E-state index is -0.341. The highest BCUT2D eigenvalue weighted by Crippen LogP contribution is 2.39. The van der Waals surface area contributed by atoms with Gasteiger partial charge in [-0.05, 0) is 50.3 Å². The summed E-state index contributed by atoms with van der Waals surface area (Å²) in [5.41, 5.74) is 0.766. The maximum absolute atomic E-state index is 12.5. The van der Waals surface area contributed by atoms with Gasteiger partial charge in [0.25, 0.3) is 0 Å². The largest absolute Gasteiger partial charge is 0.443 e. The first-order chi connectivity index (χ1) is 10.5. The van der Waals surface area contributed by atoms with Gasteiger partial charge in [-0.1, -0.05) is 28.1 Å². The summed E-state index contributed by atoms with van der Waals surface area (Å²) in [4.78, 5) is 14.3. The van der Waals surface area contributed by atoms with Gasteiger partial charge in [-0.15, -0.1) is 0 Å². The number of hydrogen-bond donors (Lipinski definition) is 1. The van der Waals surface area contributed by atoms with Gasteiger partial charge in [0.15, 0.2) is 0 Å². The Kier molecular flexibility index (Phi) is 4.46. The summed E-state index contributed by atoms with van der Waals surface area (Å²) in [6, 6.07) is 8.05. The Balaban J connectivity index is 1.68. The molecule has 0 radical (unpaired) electrons. The summed E-state index contributed by atoms with van der Waals surface area (Å²) < 4.78 is 6.84. The number of benzene rings is 1. The maximum atomic E-state index is 12.5. The molecule has 5 heteroatoms. The number of nitrogens with zero attached hydrogens (tertiary/aromatic N) is 1. The van der Waals surface area contributed by atoms with E-state index in [1.54, 1.807) is 4.90 Å². The molecule has 1 saturated heterocycles. The van der Waals surface area contributed by atoms with Crippen molar-refractivity contribution < 1.29 is 14.6 Å². The number of ether oxygens (including phenoxy) is 1. The Morgan fingerprint density at radius 2 is 1.91 bits per heavy atom. The van der Waals surface area contributed by atoms with Crippen LogP contribution in [0.5, 0.6) is 0 Å². The molecule has 1 unspecified atom stereocenters. The number of amides is 1. The lowest BCUT2D eigenvalue weighted by Crippen LogP contribution is -2.52. The van der Waals surface area contributed by atoms with Crippen molar-refractivity contribution in [3.05, 3.63) is 34.3 Å². The molecular weight excluding hydrogens is 346 g/mol. The standard InChI is InChI=1S/C17H22BrNO3/c1-12(13-2-4-14(18)5-3-13)19-11-10-17(22-16(19)21)8-6-15(20)7-9-17/h2-5,12,15,20H,6-11H2,1H3. The van der Waals surface area contributed by atoms with Crippen LogP contribution < -0.4 is 0 Å². The number of aliphatic hydroxyl groups is 1. The van der Waals surface area contributed by atoms with E-state index in [0.717, 1.165) is 42.1 Å². The second-order valence-corrected chi connectivity index (χ2v) is 7.37. The van der Waals surface area contributed by atoms with E-state index in [4.69, 9.17) is 4.74 Å². The normalized spacial score (nSPS) is 30.2. The van der Waals surface area contributed by atoms with Gasteiger partial charge in [-0.3, -0.25) is 0 Å². The van der Waals surface area contributed by atoms with Crippen molar-refractivity contribution in [1.29, 1.82) is 0 Å². The Bertz CT molecular complexity index is 537. The molecule has 0 aromatic heterocycles. The molecule has 3 rings (SSSR count). The SMILES string of the molecule is CC(c1ccc(Br)cc1)N1CCC2(CCC(O)CC2)OC1=O. The first-order valence-corrected chi connectivity index (χ1v) is 8.72. The average Bonchev–Trinajstić information content (AvgIpc) is 2.51. The molecule has 2 fully saturated rings. The minimum Gasteiger partial charge on any atom is -0.443 e. The van der Waals surface area contributed by atoms with Crippen LogP contribution in [0.25, 0.3) is 0 Å². The van der Waals surface area contributed by atoms with E-state index in [9.17, 15) is 9.90 Å². The molecule has 1 spiro atoms. The van der Waals surface area contributed by atoms with Gasteiger partial charge in [0, 0.05) is 17.4 Å². The molecule has 1 aromatic rings. The van der Waals surface area contributed by atoms with Gasteiger partial charge in [0.2, 0.25) is 0 Å². The van der Waals surface area contributed by atoms with Gasteiger partial charge in [0.05, 0.1) is 12.1 Å². The van der Waals surface area contributed by atoms with Crippen LogP contribution in [0, 0.1) is 0 Å². The third-order valence-corrected chi connectivity index (χ3v) is 5.56. The van der Waals surface area contributed by atoms with Gasteiger partial charge in [-0.2, -0.15) is 0 Å². The second-order valence-electron chi connectivity index (χ2n) is 6.45. The number of carbonyl (C=O) groups is 1. The van der Waals surface area contributed by atoms with Crippen LogP contribution >= 0.6 is 15.9 Å². The Labute approximate surface area is 139 Å². The van der Waals surface area contributed by atoms with Crippen molar-refractivity contribution in [2.45, 2.75) is 56.8 Å². The number of carbonyl (C=O) groups excluding carboxylic acids is 1. The van der Waals surface area contributed by atoms with Crippen molar-refractivity contribution in [1.82, 2.24) is 4.90 Å². The topological polar surface area (TPSA) is 49.8 Å². The minimum absolute atomic E-state index is 0.00660. The Morgan fingerprint density at radius 3 is 2.50 bits per heavy atom. The summed E-state index contributed by atoms with van der Waals surface area (Å²) in [5.74, 6) is 0. The molecule has 1 amide bonds. The molecule has 1 saturated carbocycles. The van der Waals surface area contributed by atoms with Crippen molar-refractivity contribution in [2.75, 3.05) is 6.54 Å². The van der Waals surface area contributed by atoms with Gasteiger partial charge in [0.1, 0.15) is 5.60 Å². The lowest BCUT2D eigenvalue weighted by atomic mass is 9.80. The van der Waals surface area contributed by atoms with Crippen LogP contribution in [0.4, 0.5) is 4.79 Å². The van der Waals surface area contributed by atoms with E-state index >= 15 is 0 Å². The highest BCUT2D eigenvalue weighted by Gasteiger charge is 2.44. The quantitative estimate of drug-likeness (QED) is 0.858. The third-order valence-electron chi connectivity index (χ3n) is 5.03. The van der Waals surface area contributed by atoms with Crippen LogP contribution in [-0.4, -0.2) is 34.3 Å². The molecular formula is C17H22BrNO3. The predicted octanol–water partition coefficient (Wildman–Crippen LogP) is 4.03. The van der Waals surface area contributed by atoms with E-state index in [-0.39, 0.29) is 23.8 Å². The number of rotatable bonds is 2. The Hall–Kier alpha value is -1.07. The monoisotopic (exact) mass is 367 g/mol. The number of hydrogen-bond acceptors (Lipinski definition) is 3. The van der Waals surface area contributed by atoms with E-state index in [1.165, 1.54) is 0 Å². The average molecular weight is 368 g/mol. The summed E-state index contributed by atoms with van der Waals surface area (Å²) in [6.45, 7) is 2.75. The zero-order valence-electron chi connectivity index (χ0n) is 12.8. The van der Waals surface area contributed by atoms with Gasteiger partial charge >= 0.3 is 6.09 Å². The second kappa shape index (κ2) is 6.20. The van der Waals surface area contributed by atoms with Crippen molar-refractivity contribution in [3.8, 4) is 0 Å². The van der Waals surface area contributed by atoms with E-state index in [0.29, 0.717) is 6.54 Å². The van der Waals surface area contributed by atoms with E-state index < -0.39 is 0 Å². The van der Waals surface area contributed by atoms with Crippen LogP contribution in [0.15, 0.2) is 28.7 Å². The fourth-order valence-corrected chi connectivity index (χ4v) is 3.73. The van der Waals surface area contributed by atoms with Crippen LogP contribution in [0.1, 0.15) is 50.6 Å². The summed E-state index contributed by atoms with van der Waals surface area (Å²) in [7, 11) is 0. The van der Waals surface area contributed by atoms with Crippen molar-refractivity contribution >= 4 is 22.0 Å². The first kappa shape index (κ1) is 15.8. The molecule has 120 valence electrons. The highest BCUT2D eigenvalue weighted by molar-refractivity contribution is 9.10. The van der Waals surface area contributed by atoms with Crippen molar-refractivity contribution in [3.63, 3.8) is 0 Å². The smallest absolute Gasteiger partial charge is 0.410 e. The lowest BCUT2D eigenvalue weighted by Gasteiger charge is -2.45. The molecule has 1 aliphatic carbocycles. The van der Waals surface area contributed by atoms with Crippen molar-refractivity contribution in [2.24, 2.45) is 0 Å². The summed E-state index contributed by atoms with van der Waals surface area (Å²) >= 11 is 3.43. The molecule has 4 nitrogen and oxygen atoms in total. The maximum Gasteiger partial charge on any atom is 0.410 e. The van der Waals surface area contributed by atoms with Crippen LogP contribution in [0.3, 0.4) is 0 Å². The summed E-state index contributed by atoms with van der Waals surface area (Å²) in [5, 5.41) is 9.65. The summed E-state index contributed by atoms with van der Waals surface area (Å²) in [6.07, 6.45) is 3.42. The van der Waals surface area contributed by atoms with E-state index in [1.807, 2.05) is 31.2 Å². The fourth-order valence-electron chi connectivity index (χ4n) is 3.46. The third kappa shape index (κ3) is 3.15.